The number of nitrogens with zero attached hydrogens (tertiary/aromatic N) is 3. The fourth-order valence-electron chi connectivity index (χ4n) is 1.74. The molecule has 6 heteroatoms. The van der Waals surface area contributed by atoms with Gasteiger partial charge in [0.2, 0.25) is 0 Å². The summed E-state index contributed by atoms with van der Waals surface area (Å²) >= 11 is 0. The number of non-ortho nitro benzene ring substituents is 1. The summed E-state index contributed by atoms with van der Waals surface area (Å²) in [4.78, 5) is 16.2. The Labute approximate surface area is 97.3 Å². The van der Waals surface area contributed by atoms with E-state index in [1.807, 2.05) is 0 Å². The van der Waals surface area contributed by atoms with Crippen LogP contribution in [0, 0.1) is 10.1 Å². The van der Waals surface area contributed by atoms with Crippen molar-refractivity contribution in [3.05, 3.63) is 34.5 Å². The largest absolute Gasteiger partial charge is 0.506 e. The maximum Gasteiger partial charge on any atom is 0.281 e. The number of rotatable bonds is 2. The standard InChI is InChI=1S/C11H11N3O3/c1-13(2)7-5-6-12-11-9(15)4-3-8(10(7)11)14(16)17/h3-6,15H,1-2H3. The van der Waals surface area contributed by atoms with E-state index in [4.69, 9.17) is 0 Å². The lowest BCUT2D eigenvalue weighted by molar-refractivity contribution is -0.383. The summed E-state index contributed by atoms with van der Waals surface area (Å²) in [7, 11) is 3.56. The molecule has 0 spiro atoms. The minimum absolute atomic E-state index is 0.0606. The predicted octanol–water partition coefficient (Wildman–Crippen LogP) is 1.91. The number of nitro groups is 1. The van der Waals surface area contributed by atoms with Crippen LogP contribution in [0.5, 0.6) is 5.75 Å². The lowest BCUT2D eigenvalue weighted by atomic mass is 10.1. The predicted molar refractivity (Wildman–Crippen MR) is 64.4 cm³/mol. The second-order valence-electron chi connectivity index (χ2n) is 3.81. The van der Waals surface area contributed by atoms with Gasteiger partial charge in [0, 0.05) is 26.4 Å². The fourth-order valence-corrected chi connectivity index (χ4v) is 1.74. The highest BCUT2D eigenvalue weighted by Crippen LogP contribution is 2.36. The molecule has 0 fully saturated rings. The Bertz CT molecular complexity index is 596. The van der Waals surface area contributed by atoms with Gasteiger partial charge in [-0.05, 0) is 12.1 Å². The average Bonchev–Trinajstić information content (AvgIpc) is 2.28. The van der Waals surface area contributed by atoms with Crippen LogP contribution in [0.25, 0.3) is 10.9 Å². The molecule has 0 atom stereocenters. The first kappa shape index (κ1) is 11.1. The number of benzene rings is 1. The normalized spacial score (nSPS) is 10.5. The zero-order chi connectivity index (χ0) is 12.6. The monoisotopic (exact) mass is 233 g/mol. The number of phenolic OH excluding ortho intramolecular Hbond substituents is 1. The number of hydrogen-bond acceptors (Lipinski definition) is 5. The summed E-state index contributed by atoms with van der Waals surface area (Å²) in [5.74, 6) is -0.0608. The van der Waals surface area contributed by atoms with Gasteiger partial charge in [-0.1, -0.05) is 0 Å². The van der Waals surface area contributed by atoms with Gasteiger partial charge >= 0.3 is 0 Å². The van der Waals surface area contributed by atoms with E-state index in [0.29, 0.717) is 11.1 Å². The van der Waals surface area contributed by atoms with Crippen LogP contribution >= 0.6 is 0 Å². The second-order valence-corrected chi connectivity index (χ2v) is 3.81. The molecule has 88 valence electrons. The summed E-state index contributed by atoms with van der Waals surface area (Å²) in [6.45, 7) is 0. The highest BCUT2D eigenvalue weighted by atomic mass is 16.6. The molecule has 2 aromatic rings. The summed E-state index contributed by atoms with van der Waals surface area (Å²) in [6.07, 6.45) is 1.51. The average molecular weight is 233 g/mol. The number of aromatic nitrogens is 1. The Hall–Kier alpha value is -2.37. The Morgan fingerprint density at radius 1 is 1.35 bits per heavy atom. The number of phenols is 1. The van der Waals surface area contributed by atoms with Gasteiger partial charge in [0.25, 0.3) is 5.69 Å². The van der Waals surface area contributed by atoms with Gasteiger partial charge in [0.1, 0.15) is 16.7 Å². The molecule has 0 saturated carbocycles. The van der Waals surface area contributed by atoms with Crippen molar-refractivity contribution in [1.82, 2.24) is 4.98 Å². The van der Waals surface area contributed by atoms with Crippen LogP contribution in [0.3, 0.4) is 0 Å². The second kappa shape index (κ2) is 3.89. The first-order valence-electron chi connectivity index (χ1n) is 4.94. The van der Waals surface area contributed by atoms with E-state index in [1.54, 1.807) is 25.1 Å². The number of fused-ring (bicyclic) bond motifs is 1. The molecule has 0 saturated heterocycles. The summed E-state index contributed by atoms with van der Waals surface area (Å²) < 4.78 is 0. The van der Waals surface area contributed by atoms with Gasteiger partial charge in [-0.2, -0.15) is 0 Å². The van der Waals surface area contributed by atoms with Crippen LogP contribution in [0.15, 0.2) is 24.4 Å². The molecule has 2 rings (SSSR count). The van der Waals surface area contributed by atoms with Gasteiger partial charge in [-0.3, -0.25) is 15.1 Å². The third kappa shape index (κ3) is 1.73. The van der Waals surface area contributed by atoms with Crippen LogP contribution < -0.4 is 4.90 Å². The van der Waals surface area contributed by atoms with E-state index in [2.05, 4.69) is 4.98 Å². The first-order chi connectivity index (χ1) is 8.02. The molecule has 1 heterocycles. The molecule has 1 aromatic heterocycles. The first-order valence-corrected chi connectivity index (χ1v) is 4.94. The Kier molecular flexibility index (Phi) is 2.55. The summed E-state index contributed by atoms with van der Waals surface area (Å²) in [5, 5.41) is 21.0. The molecule has 0 aliphatic carbocycles. The molecule has 17 heavy (non-hydrogen) atoms. The van der Waals surface area contributed by atoms with Crippen LogP contribution in [0.1, 0.15) is 0 Å². The zero-order valence-corrected chi connectivity index (χ0v) is 9.41. The molecule has 0 radical (unpaired) electrons. The van der Waals surface area contributed by atoms with Crippen molar-refractivity contribution >= 4 is 22.3 Å². The number of nitro benzene ring substituents is 1. The fraction of sp³-hybridized carbons (Fsp3) is 0.182. The van der Waals surface area contributed by atoms with E-state index in [0.717, 1.165) is 0 Å². The molecule has 0 unspecified atom stereocenters. The topological polar surface area (TPSA) is 79.5 Å². The maximum absolute atomic E-state index is 11.0. The smallest absolute Gasteiger partial charge is 0.281 e. The third-order valence-electron chi connectivity index (χ3n) is 2.51. The number of aromatic hydroxyl groups is 1. The van der Waals surface area contributed by atoms with Gasteiger partial charge < -0.3 is 10.0 Å². The lowest BCUT2D eigenvalue weighted by Crippen LogP contribution is -2.10. The number of anilines is 1. The highest BCUT2D eigenvalue weighted by molar-refractivity contribution is 6.01. The van der Waals surface area contributed by atoms with Crippen molar-refractivity contribution in [3.63, 3.8) is 0 Å². The quantitative estimate of drug-likeness (QED) is 0.633. The van der Waals surface area contributed by atoms with Gasteiger partial charge in [-0.25, -0.2) is 0 Å². The van der Waals surface area contributed by atoms with Gasteiger partial charge in [-0.15, -0.1) is 0 Å². The van der Waals surface area contributed by atoms with E-state index < -0.39 is 4.92 Å². The maximum atomic E-state index is 11.0. The number of pyridine rings is 1. The molecule has 0 amide bonds. The van der Waals surface area contributed by atoms with Crippen LogP contribution in [-0.2, 0) is 0 Å². The van der Waals surface area contributed by atoms with E-state index >= 15 is 0 Å². The minimum atomic E-state index is -0.476. The van der Waals surface area contributed by atoms with Crippen molar-refractivity contribution < 1.29 is 10.0 Å². The molecule has 1 N–H and O–H groups in total. The van der Waals surface area contributed by atoms with E-state index in [9.17, 15) is 15.2 Å². The lowest BCUT2D eigenvalue weighted by Gasteiger charge is -2.15. The minimum Gasteiger partial charge on any atom is -0.506 e. The van der Waals surface area contributed by atoms with Gasteiger partial charge in [0.15, 0.2) is 0 Å². The molecular formula is C11H11N3O3. The zero-order valence-electron chi connectivity index (χ0n) is 9.41. The molecular weight excluding hydrogens is 222 g/mol. The van der Waals surface area contributed by atoms with Crippen molar-refractivity contribution in [2.45, 2.75) is 0 Å². The molecule has 0 aliphatic heterocycles. The van der Waals surface area contributed by atoms with E-state index in [1.165, 1.54) is 18.3 Å². The molecule has 1 aromatic carbocycles. The third-order valence-corrected chi connectivity index (χ3v) is 2.51. The molecule has 0 bridgehead atoms. The van der Waals surface area contributed by atoms with Crippen molar-refractivity contribution in [1.29, 1.82) is 0 Å². The van der Waals surface area contributed by atoms with Crippen LogP contribution in [0.4, 0.5) is 11.4 Å². The molecule has 0 aliphatic rings. The highest BCUT2D eigenvalue weighted by Gasteiger charge is 2.19. The summed E-state index contributed by atoms with van der Waals surface area (Å²) in [5.41, 5.74) is 0.831. The molecule has 6 nitrogen and oxygen atoms in total. The Balaban J connectivity index is 2.94. The Morgan fingerprint density at radius 3 is 2.65 bits per heavy atom. The van der Waals surface area contributed by atoms with Crippen LogP contribution in [0.2, 0.25) is 0 Å². The van der Waals surface area contributed by atoms with Crippen LogP contribution in [-0.4, -0.2) is 29.1 Å². The van der Waals surface area contributed by atoms with Crippen molar-refractivity contribution in [3.8, 4) is 5.75 Å². The van der Waals surface area contributed by atoms with Gasteiger partial charge in [0.05, 0.1) is 10.6 Å². The number of hydrogen-bond donors (Lipinski definition) is 1. The van der Waals surface area contributed by atoms with Crippen molar-refractivity contribution in [2.24, 2.45) is 0 Å². The Morgan fingerprint density at radius 2 is 2.06 bits per heavy atom. The SMILES string of the molecule is CN(C)c1ccnc2c(O)ccc([N+](=O)[O-])c12. The summed E-state index contributed by atoms with van der Waals surface area (Å²) in [6, 6.07) is 4.24. The van der Waals surface area contributed by atoms with Crippen molar-refractivity contribution in [2.75, 3.05) is 19.0 Å². The van der Waals surface area contributed by atoms with E-state index in [-0.39, 0.29) is 17.0 Å².